The molecular formula is C11H9N3. The van der Waals surface area contributed by atoms with Gasteiger partial charge in [0.25, 0.3) is 0 Å². The summed E-state index contributed by atoms with van der Waals surface area (Å²) in [5.41, 5.74) is 1.15. The molecule has 0 radical (unpaired) electrons. The Hall–Kier alpha value is -2.03. The third-order valence-electron chi connectivity index (χ3n) is 2.25. The van der Waals surface area contributed by atoms with Crippen molar-refractivity contribution in [1.82, 2.24) is 9.80 Å². The van der Waals surface area contributed by atoms with Gasteiger partial charge in [0.2, 0.25) is 0 Å². The number of hydrogen-bond acceptors (Lipinski definition) is 3. The normalized spacial score (nSPS) is 21.7. The summed E-state index contributed by atoms with van der Waals surface area (Å²) in [6, 6.07) is 0. The molecule has 0 aromatic rings. The molecule has 0 N–H and O–H groups in total. The zero-order valence-electron chi connectivity index (χ0n) is 7.54. The van der Waals surface area contributed by atoms with Gasteiger partial charge in [0, 0.05) is 24.8 Å². The molecule has 3 aliphatic heterocycles. The second-order valence-corrected chi connectivity index (χ2v) is 3.18. The molecule has 3 heterocycles. The monoisotopic (exact) mass is 183 g/mol. The van der Waals surface area contributed by atoms with Crippen LogP contribution in [0.25, 0.3) is 0 Å². The van der Waals surface area contributed by atoms with Gasteiger partial charge in [-0.2, -0.15) is 0 Å². The van der Waals surface area contributed by atoms with Gasteiger partial charge in [0.15, 0.2) is 5.82 Å². The summed E-state index contributed by atoms with van der Waals surface area (Å²) in [7, 11) is 0. The molecule has 0 saturated heterocycles. The summed E-state index contributed by atoms with van der Waals surface area (Å²) in [4.78, 5) is 8.34. The van der Waals surface area contributed by atoms with Crippen LogP contribution in [0.15, 0.2) is 65.6 Å². The van der Waals surface area contributed by atoms with Crippen molar-refractivity contribution in [2.45, 2.75) is 0 Å². The van der Waals surface area contributed by atoms with Gasteiger partial charge in [-0.1, -0.05) is 6.08 Å². The molecule has 0 unspecified atom stereocenters. The molecule has 0 aromatic carbocycles. The number of fused-ring (bicyclic) bond motifs is 2. The fraction of sp³-hybridized carbons (Fsp3) is 0. The molecule has 0 amide bonds. The molecule has 14 heavy (non-hydrogen) atoms. The van der Waals surface area contributed by atoms with E-state index in [9.17, 15) is 0 Å². The lowest BCUT2D eigenvalue weighted by molar-refractivity contribution is 0.505. The van der Waals surface area contributed by atoms with E-state index < -0.39 is 0 Å². The first kappa shape index (κ1) is 7.38. The zero-order chi connectivity index (χ0) is 9.38. The Kier molecular flexibility index (Phi) is 1.44. The van der Waals surface area contributed by atoms with Crippen LogP contribution >= 0.6 is 0 Å². The van der Waals surface area contributed by atoms with Crippen molar-refractivity contribution in [1.29, 1.82) is 0 Å². The van der Waals surface area contributed by atoms with Crippen LogP contribution in [-0.4, -0.2) is 16.0 Å². The molecule has 0 aromatic heterocycles. The Morgan fingerprint density at radius 2 is 1.86 bits per heavy atom. The lowest BCUT2D eigenvalue weighted by Gasteiger charge is -2.30. The molecule has 3 nitrogen and oxygen atoms in total. The van der Waals surface area contributed by atoms with E-state index in [0.29, 0.717) is 0 Å². The predicted molar refractivity (Wildman–Crippen MR) is 55.8 cm³/mol. The molecule has 0 aliphatic carbocycles. The van der Waals surface area contributed by atoms with Gasteiger partial charge in [0.1, 0.15) is 0 Å². The topological polar surface area (TPSA) is 18.8 Å². The SMILES string of the molecule is C1=CC2=CN3C=CC=NC3=CN2C=C1. The highest BCUT2D eigenvalue weighted by molar-refractivity contribution is 5.73. The Labute approximate surface area is 82.3 Å². The highest BCUT2D eigenvalue weighted by Gasteiger charge is 2.16. The number of hydrogen-bond donors (Lipinski definition) is 0. The second kappa shape index (κ2) is 2.73. The van der Waals surface area contributed by atoms with Crippen LogP contribution < -0.4 is 0 Å². The van der Waals surface area contributed by atoms with Gasteiger partial charge >= 0.3 is 0 Å². The highest BCUT2D eigenvalue weighted by Crippen LogP contribution is 2.24. The summed E-state index contributed by atoms with van der Waals surface area (Å²) in [6.07, 6.45) is 17.9. The number of rotatable bonds is 0. The minimum absolute atomic E-state index is 0.941. The van der Waals surface area contributed by atoms with Crippen molar-refractivity contribution in [3.63, 3.8) is 0 Å². The van der Waals surface area contributed by atoms with E-state index in [1.165, 1.54) is 0 Å². The molecule has 0 saturated carbocycles. The third kappa shape index (κ3) is 1.03. The minimum Gasteiger partial charge on any atom is -0.319 e. The molecule has 0 atom stereocenters. The van der Waals surface area contributed by atoms with Crippen molar-refractivity contribution in [2.24, 2.45) is 4.99 Å². The minimum atomic E-state index is 0.941. The van der Waals surface area contributed by atoms with Gasteiger partial charge in [0.05, 0.1) is 11.9 Å². The standard InChI is InChI=1S/C11H9N3/c1-2-6-13-9-11-12-5-3-7-14(11)8-10(13)4-1/h1-9H. The first-order chi connectivity index (χ1) is 6.93. The maximum absolute atomic E-state index is 4.27. The van der Waals surface area contributed by atoms with E-state index in [-0.39, 0.29) is 0 Å². The van der Waals surface area contributed by atoms with Gasteiger partial charge in [-0.15, -0.1) is 0 Å². The van der Waals surface area contributed by atoms with E-state index in [0.717, 1.165) is 11.5 Å². The summed E-state index contributed by atoms with van der Waals surface area (Å²) in [5.74, 6) is 0.941. The van der Waals surface area contributed by atoms with Crippen LogP contribution in [-0.2, 0) is 0 Å². The second-order valence-electron chi connectivity index (χ2n) is 3.18. The van der Waals surface area contributed by atoms with Gasteiger partial charge in [-0.05, 0) is 18.2 Å². The molecule has 3 rings (SSSR count). The van der Waals surface area contributed by atoms with Crippen molar-refractivity contribution in [3.8, 4) is 0 Å². The molecule has 0 spiro atoms. The number of allylic oxidation sites excluding steroid dienone is 4. The van der Waals surface area contributed by atoms with Crippen LogP contribution in [0, 0.1) is 0 Å². The fourth-order valence-corrected chi connectivity index (χ4v) is 1.57. The van der Waals surface area contributed by atoms with Crippen molar-refractivity contribution >= 4 is 6.21 Å². The third-order valence-corrected chi connectivity index (χ3v) is 2.25. The van der Waals surface area contributed by atoms with E-state index in [1.54, 1.807) is 6.21 Å². The van der Waals surface area contributed by atoms with E-state index in [4.69, 9.17) is 0 Å². The number of nitrogens with zero attached hydrogens (tertiary/aromatic N) is 3. The Morgan fingerprint density at radius 3 is 2.86 bits per heavy atom. The Balaban J connectivity index is 2.04. The Bertz CT molecular complexity index is 393. The molecule has 0 fully saturated rings. The van der Waals surface area contributed by atoms with Crippen LogP contribution in [0.5, 0.6) is 0 Å². The average Bonchev–Trinajstić information content (AvgIpc) is 2.26. The zero-order valence-corrected chi connectivity index (χ0v) is 7.54. The highest BCUT2D eigenvalue weighted by atomic mass is 15.3. The van der Waals surface area contributed by atoms with Crippen molar-refractivity contribution in [3.05, 3.63) is 60.6 Å². The smallest absolute Gasteiger partial charge is 0.153 e. The van der Waals surface area contributed by atoms with Gasteiger partial charge in [-0.3, -0.25) is 0 Å². The van der Waals surface area contributed by atoms with E-state index in [1.807, 2.05) is 41.7 Å². The van der Waals surface area contributed by atoms with E-state index >= 15 is 0 Å². The summed E-state index contributed by atoms with van der Waals surface area (Å²) in [6.45, 7) is 0. The van der Waals surface area contributed by atoms with Gasteiger partial charge in [-0.25, -0.2) is 4.99 Å². The maximum atomic E-state index is 4.27. The Morgan fingerprint density at radius 1 is 0.929 bits per heavy atom. The van der Waals surface area contributed by atoms with Gasteiger partial charge < -0.3 is 9.80 Å². The van der Waals surface area contributed by atoms with Crippen molar-refractivity contribution < 1.29 is 0 Å². The summed E-state index contributed by atoms with van der Waals surface area (Å²) >= 11 is 0. The lowest BCUT2D eigenvalue weighted by atomic mass is 10.2. The van der Waals surface area contributed by atoms with Crippen LogP contribution in [0.3, 0.4) is 0 Å². The summed E-state index contributed by atoms with van der Waals surface area (Å²) < 4.78 is 0. The molecule has 0 bridgehead atoms. The van der Waals surface area contributed by atoms with Crippen LogP contribution in [0.2, 0.25) is 0 Å². The average molecular weight is 183 g/mol. The first-order valence-corrected chi connectivity index (χ1v) is 4.49. The van der Waals surface area contributed by atoms with Crippen LogP contribution in [0.4, 0.5) is 0 Å². The molecule has 68 valence electrons. The molecule has 3 heteroatoms. The first-order valence-electron chi connectivity index (χ1n) is 4.49. The maximum Gasteiger partial charge on any atom is 0.153 e. The summed E-state index contributed by atoms with van der Waals surface area (Å²) in [5, 5.41) is 0. The molecule has 3 aliphatic rings. The number of aliphatic imine (C=N–C) groups is 1. The quantitative estimate of drug-likeness (QED) is 0.571. The fourth-order valence-electron chi connectivity index (χ4n) is 1.57. The lowest BCUT2D eigenvalue weighted by Crippen LogP contribution is -2.23. The predicted octanol–water partition coefficient (Wildman–Crippen LogP) is 1.93. The van der Waals surface area contributed by atoms with Crippen molar-refractivity contribution in [2.75, 3.05) is 0 Å². The van der Waals surface area contributed by atoms with Crippen LogP contribution in [0.1, 0.15) is 0 Å². The van der Waals surface area contributed by atoms with E-state index in [2.05, 4.69) is 22.2 Å². The largest absolute Gasteiger partial charge is 0.319 e. The molecular weight excluding hydrogens is 174 g/mol.